The van der Waals surface area contributed by atoms with E-state index in [-0.39, 0.29) is 18.3 Å². The van der Waals surface area contributed by atoms with Crippen molar-refractivity contribution in [1.29, 1.82) is 0 Å². The maximum atomic E-state index is 12.3. The van der Waals surface area contributed by atoms with E-state index in [1.54, 1.807) is 48.5 Å². The van der Waals surface area contributed by atoms with Crippen LogP contribution < -0.4 is 10.1 Å². The van der Waals surface area contributed by atoms with Gasteiger partial charge in [-0.1, -0.05) is 52.6 Å². The lowest BCUT2D eigenvalue weighted by Gasteiger charge is -2.10. The van der Waals surface area contributed by atoms with Gasteiger partial charge < -0.3 is 10.1 Å². The molecule has 0 saturated heterocycles. The minimum Gasteiger partial charge on any atom is -0.486 e. The van der Waals surface area contributed by atoms with Crippen LogP contribution in [0.4, 0.5) is 5.69 Å². The molecule has 1 N–H and O–H groups in total. The fraction of sp³-hybridized carbons (Fsp3) is 0.150. The van der Waals surface area contributed by atoms with E-state index in [4.69, 9.17) is 39.5 Å². The summed E-state index contributed by atoms with van der Waals surface area (Å²) in [5.41, 5.74) is 0.497. The molecule has 0 spiro atoms. The summed E-state index contributed by atoms with van der Waals surface area (Å²) >= 11 is 19.1. The molecule has 156 valence electrons. The number of ether oxygens (including phenoxy) is 1. The summed E-state index contributed by atoms with van der Waals surface area (Å²) in [6.45, 7) is 4.47. The Bertz CT molecular complexity index is 1040. The first kappa shape index (κ1) is 22.5. The van der Waals surface area contributed by atoms with Crippen molar-refractivity contribution in [3.8, 4) is 5.75 Å². The Morgan fingerprint density at radius 3 is 2.57 bits per heavy atom. The predicted molar refractivity (Wildman–Crippen MR) is 122 cm³/mol. The lowest BCUT2D eigenvalue weighted by molar-refractivity contribution is -0.113. The van der Waals surface area contributed by atoms with Crippen LogP contribution in [-0.4, -0.2) is 26.4 Å². The van der Waals surface area contributed by atoms with Gasteiger partial charge in [-0.15, -0.1) is 16.8 Å². The van der Waals surface area contributed by atoms with Crippen LogP contribution in [0.25, 0.3) is 0 Å². The molecule has 30 heavy (non-hydrogen) atoms. The van der Waals surface area contributed by atoms with E-state index in [1.807, 2.05) is 4.57 Å². The van der Waals surface area contributed by atoms with E-state index in [2.05, 4.69) is 22.1 Å². The molecule has 1 aromatic heterocycles. The van der Waals surface area contributed by atoms with Crippen LogP contribution in [0.15, 0.2) is 60.3 Å². The lowest BCUT2D eigenvalue weighted by atomic mass is 10.3. The summed E-state index contributed by atoms with van der Waals surface area (Å²) in [6, 6.07) is 11.9. The van der Waals surface area contributed by atoms with Crippen LogP contribution in [0.1, 0.15) is 5.82 Å². The number of nitrogens with zero attached hydrogens (tertiary/aromatic N) is 3. The number of halogens is 3. The number of allylic oxidation sites excluding steroid dienone is 1. The van der Waals surface area contributed by atoms with Crippen molar-refractivity contribution in [2.45, 2.75) is 18.3 Å². The number of anilines is 1. The third-order valence-electron chi connectivity index (χ3n) is 3.82. The smallest absolute Gasteiger partial charge is 0.234 e. The molecule has 0 bridgehead atoms. The average molecular weight is 484 g/mol. The van der Waals surface area contributed by atoms with Crippen molar-refractivity contribution in [1.82, 2.24) is 14.8 Å². The Kier molecular flexibility index (Phi) is 8.04. The molecule has 1 heterocycles. The zero-order valence-electron chi connectivity index (χ0n) is 15.6. The van der Waals surface area contributed by atoms with Crippen LogP contribution in [0, 0.1) is 0 Å². The van der Waals surface area contributed by atoms with Crippen LogP contribution in [0.3, 0.4) is 0 Å². The molecular weight excluding hydrogens is 467 g/mol. The Balaban J connectivity index is 1.61. The highest BCUT2D eigenvalue weighted by atomic mass is 35.5. The van der Waals surface area contributed by atoms with Gasteiger partial charge in [0.15, 0.2) is 11.0 Å². The molecule has 3 aromatic rings. The molecule has 0 atom stereocenters. The first-order valence-corrected chi connectivity index (χ1v) is 10.9. The van der Waals surface area contributed by atoms with Gasteiger partial charge in [0.1, 0.15) is 12.4 Å². The molecule has 0 radical (unpaired) electrons. The van der Waals surface area contributed by atoms with E-state index < -0.39 is 0 Å². The number of benzene rings is 2. The maximum absolute atomic E-state index is 12.3. The molecule has 2 aromatic carbocycles. The van der Waals surface area contributed by atoms with Gasteiger partial charge in [0.05, 0.1) is 16.5 Å². The third kappa shape index (κ3) is 6.15. The number of thioether (sulfide) groups is 1. The summed E-state index contributed by atoms with van der Waals surface area (Å²) in [6.07, 6.45) is 1.73. The first-order chi connectivity index (χ1) is 14.5. The molecule has 0 aliphatic rings. The SMILES string of the molecule is C=CCn1c(COc2ccc(Cl)cc2)nnc1SCC(=O)Nc1ccc(Cl)cc1Cl. The van der Waals surface area contributed by atoms with Crippen LogP contribution in [0.5, 0.6) is 5.75 Å². The fourth-order valence-corrected chi connectivity index (χ4v) is 3.78. The normalized spacial score (nSPS) is 10.6. The minimum absolute atomic E-state index is 0.131. The Labute approximate surface area is 193 Å². The van der Waals surface area contributed by atoms with Crippen LogP contribution in [0.2, 0.25) is 15.1 Å². The Hall–Kier alpha value is -2.19. The number of aromatic nitrogens is 3. The van der Waals surface area contributed by atoms with Crippen molar-refractivity contribution in [3.63, 3.8) is 0 Å². The molecule has 0 aliphatic carbocycles. The van der Waals surface area contributed by atoms with Crippen LogP contribution in [-0.2, 0) is 17.9 Å². The lowest BCUT2D eigenvalue weighted by Crippen LogP contribution is -2.15. The summed E-state index contributed by atoms with van der Waals surface area (Å²) in [7, 11) is 0. The second-order valence-corrected chi connectivity index (χ2v) is 8.22. The zero-order chi connectivity index (χ0) is 21.5. The van der Waals surface area contributed by atoms with Gasteiger partial charge in [-0.3, -0.25) is 9.36 Å². The van der Waals surface area contributed by atoms with Crippen molar-refractivity contribution in [2.24, 2.45) is 0 Å². The maximum Gasteiger partial charge on any atom is 0.234 e. The Morgan fingerprint density at radius 2 is 1.87 bits per heavy atom. The van der Waals surface area contributed by atoms with Crippen molar-refractivity contribution >= 4 is 58.2 Å². The third-order valence-corrected chi connectivity index (χ3v) is 5.59. The molecular formula is C20H17Cl3N4O2S. The van der Waals surface area contributed by atoms with Crippen LogP contribution >= 0.6 is 46.6 Å². The van der Waals surface area contributed by atoms with Gasteiger partial charge in [0, 0.05) is 16.6 Å². The summed E-state index contributed by atoms with van der Waals surface area (Å²) in [5.74, 6) is 1.19. The molecule has 10 heteroatoms. The van der Waals surface area contributed by atoms with Gasteiger partial charge in [0.2, 0.25) is 5.91 Å². The fourth-order valence-electron chi connectivity index (χ4n) is 2.43. The van der Waals surface area contributed by atoms with E-state index in [9.17, 15) is 4.79 Å². The number of carbonyl (C=O) groups is 1. The number of rotatable bonds is 9. The second-order valence-electron chi connectivity index (χ2n) is 6.00. The van der Waals surface area contributed by atoms with E-state index >= 15 is 0 Å². The Morgan fingerprint density at radius 1 is 1.13 bits per heavy atom. The average Bonchev–Trinajstić information content (AvgIpc) is 3.10. The van der Waals surface area contributed by atoms with E-state index in [0.29, 0.717) is 44.0 Å². The molecule has 3 rings (SSSR count). The van der Waals surface area contributed by atoms with Gasteiger partial charge in [-0.2, -0.15) is 0 Å². The summed E-state index contributed by atoms with van der Waals surface area (Å²) in [4.78, 5) is 12.3. The number of hydrogen-bond donors (Lipinski definition) is 1. The molecule has 6 nitrogen and oxygen atoms in total. The molecule has 0 saturated carbocycles. The number of amides is 1. The predicted octanol–water partition coefficient (Wildman–Crippen LogP) is 5.73. The topological polar surface area (TPSA) is 69.0 Å². The molecule has 0 aliphatic heterocycles. The van der Waals surface area contributed by atoms with Crippen molar-refractivity contribution in [2.75, 3.05) is 11.1 Å². The summed E-state index contributed by atoms with van der Waals surface area (Å²) in [5, 5.41) is 13.2. The minimum atomic E-state index is -0.226. The van der Waals surface area contributed by atoms with E-state index in [1.165, 1.54) is 11.8 Å². The molecule has 1 amide bonds. The number of nitrogens with one attached hydrogen (secondary N) is 1. The standard InChI is InChI=1S/C20H17Cl3N4O2S/c1-2-9-27-18(11-29-15-6-3-13(21)4-7-15)25-26-20(27)30-12-19(28)24-17-8-5-14(22)10-16(17)23/h2-8,10H,1,9,11-12H2,(H,24,28). The summed E-state index contributed by atoms with van der Waals surface area (Å²) < 4.78 is 7.59. The van der Waals surface area contributed by atoms with Gasteiger partial charge in [-0.25, -0.2) is 0 Å². The monoisotopic (exact) mass is 482 g/mol. The van der Waals surface area contributed by atoms with Gasteiger partial charge in [-0.05, 0) is 42.5 Å². The van der Waals surface area contributed by atoms with Crippen molar-refractivity contribution in [3.05, 3.63) is 76.0 Å². The van der Waals surface area contributed by atoms with Gasteiger partial charge in [0.25, 0.3) is 0 Å². The van der Waals surface area contributed by atoms with Gasteiger partial charge >= 0.3 is 0 Å². The number of hydrogen-bond acceptors (Lipinski definition) is 5. The second kappa shape index (κ2) is 10.7. The highest BCUT2D eigenvalue weighted by molar-refractivity contribution is 7.99. The zero-order valence-corrected chi connectivity index (χ0v) is 18.7. The first-order valence-electron chi connectivity index (χ1n) is 8.75. The quantitative estimate of drug-likeness (QED) is 0.311. The number of carbonyl (C=O) groups excluding carboxylic acids is 1. The highest BCUT2D eigenvalue weighted by Gasteiger charge is 2.15. The van der Waals surface area contributed by atoms with Crippen molar-refractivity contribution < 1.29 is 9.53 Å². The largest absolute Gasteiger partial charge is 0.486 e. The molecule has 0 unspecified atom stereocenters. The highest BCUT2D eigenvalue weighted by Crippen LogP contribution is 2.26. The molecule has 0 fully saturated rings. The van der Waals surface area contributed by atoms with E-state index in [0.717, 1.165) is 0 Å².